The van der Waals surface area contributed by atoms with Gasteiger partial charge < -0.3 is 10.1 Å². The van der Waals surface area contributed by atoms with Gasteiger partial charge in [-0.05, 0) is 29.7 Å². The Morgan fingerprint density at radius 3 is 2.67 bits per heavy atom. The number of nitrogens with zero attached hydrogens (tertiary/aromatic N) is 1. The normalized spacial score (nSPS) is 28.9. The van der Waals surface area contributed by atoms with Gasteiger partial charge in [0.15, 0.2) is 0 Å². The van der Waals surface area contributed by atoms with E-state index < -0.39 is 0 Å². The fourth-order valence-electron chi connectivity index (χ4n) is 3.77. The standard InChI is InChI=1S/C17H22N2O2/c1-11(18)15-14-13(17(14,2)3)9-19(15)16(20)21-10-12-7-5-4-6-8-12/h4-8,13-15,18H,9-10H2,1-3H3/t13?,14-,15+/m0/s1. The van der Waals surface area contributed by atoms with E-state index in [0.717, 1.165) is 5.56 Å². The Morgan fingerprint density at radius 2 is 2.05 bits per heavy atom. The highest BCUT2D eigenvalue weighted by molar-refractivity contribution is 5.89. The molecule has 1 aliphatic carbocycles. The topological polar surface area (TPSA) is 53.4 Å². The Hall–Kier alpha value is -1.84. The molecule has 4 nitrogen and oxygen atoms in total. The van der Waals surface area contributed by atoms with Gasteiger partial charge in [-0.3, -0.25) is 4.90 Å². The molecule has 1 saturated heterocycles. The van der Waals surface area contributed by atoms with E-state index in [1.807, 2.05) is 30.3 Å². The molecule has 4 heteroatoms. The van der Waals surface area contributed by atoms with E-state index in [1.54, 1.807) is 11.8 Å². The number of nitrogens with one attached hydrogen (secondary N) is 1. The molecule has 1 N–H and O–H groups in total. The molecule has 21 heavy (non-hydrogen) atoms. The summed E-state index contributed by atoms with van der Waals surface area (Å²) in [6, 6.07) is 9.60. The fourth-order valence-corrected chi connectivity index (χ4v) is 3.77. The third-order valence-corrected chi connectivity index (χ3v) is 5.09. The van der Waals surface area contributed by atoms with Gasteiger partial charge in [0.25, 0.3) is 0 Å². The summed E-state index contributed by atoms with van der Waals surface area (Å²) in [5, 5.41) is 8.00. The van der Waals surface area contributed by atoms with E-state index in [9.17, 15) is 4.79 Å². The quantitative estimate of drug-likeness (QED) is 0.867. The van der Waals surface area contributed by atoms with Crippen molar-refractivity contribution in [2.45, 2.75) is 33.4 Å². The predicted molar refractivity (Wildman–Crippen MR) is 81.3 cm³/mol. The number of carbonyl (C=O) groups excluding carboxylic acids is 1. The number of hydrogen-bond acceptors (Lipinski definition) is 3. The number of piperidine rings is 1. The van der Waals surface area contributed by atoms with Crippen LogP contribution in [0.2, 0.25) is 0 Å². The molecular weight excluding hydrogens is 264 g/mol. The Balaban J connectivity index is 1.64. The molecule has 3 atom stereocenters. The van der Waals surface area contributed by atoms with Crippen molar-refractivity contribution in [1.82, 2.24) is 4.90 Å². The molecule has 1 amide bonds. The van der Waals surface area contributed by atoms with E-state index in [4.69, 9.17) is 10.1 Å². The number of rotatable bonds is 3. The van der Waals surface area contributed by atoms with Crippen molar-refractivity contribution in [1.29, 1.82) is 5.41 Å². The summed E-state index contributed by atoms with van der Waals surface area (Å²) in [5.41, 5.74) is 1.80. The number of likely N-dealkylation sites (tertiary alicyclic amines) is 1. The molecule has 1 saturated carbocycles. The van der Waals surface area contributed by atoms with Gasteiger partial charge in [0.05, 0.1) is 6.04 Å². The van der Waals surface area contributed by atoms with Gasteiger partial charge >= 0.3 is 6.09 Å². The molecule has 2 fully saturated rings. The van der Waals surface area contributed by atoms with Crippen LogP contribution in [-0.4, -0.2) is 29.3 Å². The van der Waals surface area contributed by atoms with Crippen LogP contribution in [-0.2, 0) is 11.3 Å². The smallest absolute Gasteiger partial charge is 0.410 e. The zero-order valence-electron chi connectivity index (χ0n) is 12.8. The Morgan fingerprint density at radius 1 is 1.38 bits per heavy atom. The average Bonchev–Trinajstić information content (AvgIpc) is 2.85. The van der Waals surface area contributed by atoms with Crippen molar-refractivity contribution in [2.75, 3.05) is 6.54 Å². The molecule has 0 spiro atoms. The Labute approximate surface area is 125 Å². The monoisotopic (exact) mass is 286 g/mol. The maximum Gasteiger partial charge on any atom is 0.410 e. The lowest BCUT2D eigenvalue weighted by Crippen LogP contribution is -2.44. The highest BCUT2D eigenvalue weighted by Crippen LogP contribution is 2.65. The second kappa shape index (κ2) is 4.86. The molecule has 112 valence electrons. The minimum absolute atomic E-state index is 0.0896. The summed E-state index contributed by atoms with van der Waals surface area (Å²) < 4.78 is 5.42. The average molecular weight is 286 g/mol. The number of benzene rings is 1. The number of amides is 1. The van der Waals surface area contributed by atoms with Gasteiger partial charge in [0.1, 0.15) is 6.61 Å². The van der Waals surface area contributed by atoms with Gasteiger partial charge in [0, 0.05) is 12.3 Å². The first-order valence-electron chi connectivity index (χ1n) is 7.45. The maximum atomic E-state index is 12.3. The first kappa shape index (κ1) is 14.1. The van der Waals surface area contributed by atoms with Crippen molar-refractivity contribution >= 4 is 11.8 Å². The van der Waals surface area contributed by atoms with Crippen LogP contribution in [0.1, 0.15) is 26.3 Å². The lowest BCUT2D eigenvalue weighted by atomic mass is 9.99. The first-order valence-corrected chi connectivity index (χ1v) is 7.45. The van der Waals surface area contributed by atoms with E-state index in [1.165, 1.54) is 0 Å². The minimum Gasteiger partial charge on any atom is -0.445 e. The van der Waals surface area contributed by atoms with E-state index >= 15 is 0 Å². The fraction of sp³-hybridized carbons (Fsp3) is 0.529. The van der Waals surface area contributed by atoms with Crippen LogP contribution in [0.25, 0.3) is 0 Å². The number of fused-ring (bicyclic) bond motifs is 1. The summed E-state index contributed by atoms with van der Waals surface area (Å²) in [6.07, 6.45) is -0.293. The molecule has 1 unspecified atom stereocenters. The molecule has 0 aromatic heterocycles. The van der Waals surface area contributed by atoms with Crippen molar-refractivity contribution in [3.8, 4) is 0 Å². The van der Waals surface area contributed by atoms with Gasteiger partial charge in [0.2, 0.25) is 0 Å². The zero-order chi connectivity index (χ0) is 15.2. The van der Waals surface area contributed by atoms with Crippen molar-refractivity contribution in [3.63, 3.8) is 0 Å². The van der Waals surface area contributed by atoms with Crippen molar-refractivity contribution in [2.24, 2.45) is 17.3 Å². The van der Waals surface area contributed by atoms with Crippen LogP contribution in [0.4, 0.5) is 4.79 Å². The molecule has 3 rings (SSSR count). The third-order valence-electron chi connectivity index (χ3n) is 5.09. The molecule has 2 aliphatic rings. The predicted octanol–water partition coefficient (Wildman–Crippen LogP) is 3.32. The molecule has 1 aromatic carbocycles. The van der Waals surface area contributed by atoms with Gasteiger partial charge in [-0.1, -0.05) is 44.2 Å². The largest absolute Gasteiger partial charge is 0.445 e. The Bertz CT molecular complexity index is 567. The number of ether oxygens (including phenoxy) is 1. The summed E-state index contributed by atoms with van der Waals surface area (Å²) >= 11 is 0. The van der Waals surface area contributed by atoms with Crippen LogP contribution in [0.15, 0.2) is 30.3 Å². The first-order chi connectivity index (χ1) is 9.93. The van der Waals surface area contributed by atoms with Crippen LogP contribution < -0.4 is 0 Å². The van der Waals surface area contributed by atoms with Crippen LogP contribution in [0.3, 0.4) is 0 Å². The number of hydrogen-bond donors (Lipinski definition) is 1. The highest BCUT2D eigenvalue weighted by Gasteiger charge is 2.68. The second-order valence-corrected chi connectivity index (χ2v) is 6.77. The second-order valence-electron chi connectivity index (χ2n) is 6.77. The maximum absolute atomic E-state index is 12.3. The van der Waals surface area contributed by atoms with E-state index in [2.05, 4.69) is 13.8 Å². The highest BCUT2D eigenvalue weighted by atomic mass is 16.6. The zero-order valence-corrected chi connectivity index (χ0v) is 12.8. The van der Waals surface area contributed by atoms with Crippen LogP contribution in [0.5, 0.6) is 0 Å². The molecular formula is C17H22N2O2. The SMILES string of the molecule is CC(=N)[C@@H]1[C@@H]2C(CN1C(=O)OCc1ccccc1)C2(C)C. The van der Waals surface area contributed by atoms with E-state index in [0.29, 0.717) is 30.7 Å². The molecule has 0 radical (unpaired) electrons. The number of carbonyl (C=O) groups is 1. The van der Waals surface area contributed by atoms with E-state index in [-0.39, 0.29) is 17.6 Å². The minimum atomic E-state index is -0.293. The van der Waals surface area contributed by atoms with Crippen molar-refractivity contribution in [3.05, 3.63) is 35.9 Å². The summed E-state index contributed by atoms with van der Waals surface area (Å²) in [4.78, 5) is 14.1. The summed E-state index contributed by atoms with van der Waals surface area (Å²) in [5.74, 6) is 0.923. The van der Waals surface area contributed by atoms with Crippen LogP contribution in [0, 0.1) is 22.7 Å². The van der Waals surface area contributed by atoms with Gasteiger partial charge in [-0.2, -0.15) is 0 Å². The Kier molecular flexibility index (Phi) is 3.27. The molecule has 1 aliphatic heterocycles. The molecule has 1 heterocycles. The summed E-state index contributed by atoms with van der Waals surface area (Å²) in [6.45, 7) is 7.25. The molecule has 1 aromatic rings. The lowest BCUT2D eigenvalue weighted by molar-refractivity contribution is 0.0893. The third kappa shape index (κ3) is 2.33. The summed E-state index contributed by atoms with van der Waals surface area (Å²) in [7, 11) is 0. The van der Waals surface area contributed by atoms with Crippen LogP contribution >= 0.6 is 0 Å². The van der Waals surface area contributed by atoms with Gasteiger partial charge in [-0.15, -0.1) is 0 Å². The molecule has 0 bridgehead atoms. The van der Waals surface area contributed by atoms with Crippen molar-refractivity contribution < 1.29 is 9.53 Å². The van der Waals surface area contributed by atoms with Gasteiger partial charge in [-0.25, -0.2) is 4.79 Å². The lowest BCUT2D eigenvalue weighted by Gasteiger charge is -2.29.